The summed E-state index contributed by atoms with van der Waals surface area (Å²) >= 11 is 0. The van der Waals surface area contributed by atoms with Crippen LogP contribution in [0.5, 0.6) is 5.75 Å². The van der Waals surface area contributed by atoms with E-state index in [9.17, 15) is 14.4 Å². The van der Waals surface area contributed by atoms with Crippen molar-refractivity contribution < 1.29 is 19.1 Å². The van der Waals surface area contributed by atoms with E-state index in [4.69, 9.17) is 4.74 Å². The number of carbonyl (C=O) groups is 3. The van der Waals surface area contributed by atoms with Crippen molar-refractivity contribution >= 4 is 23.7 Å². The van der Waals surface area contributed by atoms with Crippen molar-refractivity contribution in [3.8, 4) is 5.75 Å². The molecule has 8 heteroatoms. The molecular weight excluding hydrogens is 324 g/mol. The monoisotopic (exact) mass is 346 g/mol. The summed E-state index contributed by atoms with van der Waals surface area (Å²) in [7, 11) is 0. The molecule has 0 aliphatic carbocycles. The van der Waals surface area contributed by atoms with Crippen molar-refractivity contribution in [3.05, 3.63) is 24.3 Å². The van der Waals surface area contributed by atoms with E-state index in [-0.39, 0.29) is 30.6 Å². The molecule has 2 aliphatic heterocycles. The zero-order valence-electron chi connectivity index (χ0n) is 14.2. The van der Waals surface area contributed by atoms with Crippen LogP contribution in [0.15, 0.2) is 24.3 Å². The number of hydrogen-bond acceptors (Lipinski definition) is 4. The number of hydrogen-bond donors (Lipinski definition) is 2. The van der Waals surface area contributed by atoms with Gasteiger partial charge in [-0.2, -0.15) is 0 Å². The van der Waals surface area contributed by atoms with Crippen molar-refractivity contribution in [3.63, 3.8) is 0 Å². The van der Waals surface area contributed by atoms with E-state index in [2.05, 4.69) is 17.6 Å². The number of rotatable bonds is 6. The Morgan fingerprint density at radius 1 is 1.28 bits per heavy atom. The summed E-state index contributed by atoms with van der Waals surface area (Å²) in [6.07, 6.45) is 2.09. The molecule has 1 aromatic rings. The van der Waals surface area contributed by atoms with Gasteiger partial charge in [-0.3, -0.25) is 9.69 Å². The second kappa shape index (κ2) is 7.42. The number of anilines is 1. The van der Waals surface area contributed by atoms with E-state index >= 15 is 0 Å². The van der Waals surface area contributed by atoms with E-state index in [1.807, 2.05) is 12.1 Å². The average molecular weight is 346 g/mol. The molecular formula is C17H22N4O4. The summed E-state index contributed by atoms with van der Waals surface area (Å²) in [4.78, 5) is 38.2. The van der Waals surface area contributed by atoms with E-state index in [0.717, 1.165) is 18.6 Å². The lowest BCUT2D eigenvalue weighted by Crippen LogP contribution is -2.63. The van der Waals surface area contributed by atoms with Gasteiger partial charge in [0.25, 0.3) is 0 Å². The van der Waals surface area contributed by atoms with Gasteiger partial charge in [0, 0.05) is 18.8 Å². The highest BCUT2D eigenvalue weighted by Crippen LogP contribution is 2.20. The van der Waals surface area contributed by atoms with Crippen molar-refractivity contribution in [1.29, 1.82) is 0 Å². The van der Waals surface area contributed by atoms with Crippen molar-refractivity contribution in [2.75, 3.05) is 31.6 Å². The van der Waals surface area contributed by atoms with Crippen LogP contribution in [-0.2, 0) is 4.79 Å². The molecule has 2 saturated heterocycles. The maximum atomic E-state index is 12.2. The van der Waals surface area contributed by atoms with Crippen LogP contribution in [0, 0.1) is 0 Å². The number of ether oxygens (including phenoxy) is 1. The van der Waals surface area contributed by atoms with Crippen LogP contribution in [0.3, 0.4) is 0 Å². The van der Waals surface area contributed by atoms with E-state index in [1.165, 1.54) is 4.90 Å². The van der Waals surface area contributed by atoms with Gasteiger partial charge < -0.3 is 20.3 Å². The number of nitrogens with zero attached hydrogens (tertiary/aromatic N) is 2. The largest absolute Gasteiger partial charge is 0.494 e. The molecule has 0 atom stereocenters. The minimum Gasteiger partial charge on any atom is -0.494 e. The van der Waals surface area contributed by atoms with Gasteiger partial charge in [-0.05, 0) is 30.7 Å². The molecule has 0 bridgehead atoms. The third-order valence-electron chi connectivity index (χ3n) is 4.27. The molecule has 8 nitrogen and oxygen atoms in total. The van der Waals surface area contributed by atoms with Crippen LogP contribution >= 0.6 is 0 Å². The molecule has 0 radical (unpaired) electrons. The zero-order valence-corrected chi connectivity index (χ0v) is 14.2. The van der Waals surface area contributed by atoms with Gasteiger partial charge in [0.05, 0.1) is 19.2 Å². The number of nitrogens with one attached hydrogen (secondary N) is 2. The highest BCUT2D eigenvalue weighted by atomic mass is 16.5. The van der Waals surface area contributed by atoms with Gasteiger partial charge in [-0.25, -0.2) is 9.59 Å². The molecule has 2 fully saturated rings. The summed E-state index contributed by atoms with van der Waals surface area (Å²) in [5.41, 5.74) is 0.672. The summed E-state index contributed by atoms with van der Waals surface area (Å²) in [6, 6.07) is 6.34. The smallest absolute Gasteiger partial charge is 0.324 e. The maximum Gasteiger partial charge on any atom is 0.324 e. The summed E-state index contributed by atoms with van der Waals surface area (Å²) in [6.45, 7) is 3.52. The molecule has 2 aliphatic rings. The van der Waals surface area contributed by atoms with Crippen molar-refractivity contribution in [2.45, 2.75) is 25.8 Å². The van der Waals surface area contributed by atoms with Crippen LogP contribution in [0.2, 0.25) is 0 Å². The first kappa shape index (κ1) is 17.1. The molecule has 2 heterocycles. The highest BCUT2D eigenvalue weighted by Gasteiger charge is 2.42. The van der Waals surface area contributed by atoms with Crippen LogP contribution < -0.4 is 15.4 Å². The Labute approximate surface area is 146 Å². The van der Waals surface area contributed by atoms with Gasteiger partial charge in [-0.15, -0.1) is 0 Å². The predicted octanol–water partition coefficient (Wildman–Crippen LogP) is 1.63. The van der Waals surface area contributed by atoms with E-state index in [1.54, 1.807) is 17.0 Å². The fraction of sp³-hybridized carbons (Fsp3) is 0.471. The summed E-state index contributed by atoms with van der Waals surface area (Å²) in [5, 5.41) is 5.28. The standard InChI is InChI=1S/C17H22N4O4/c1-2-3-8-25-14-6-4-12(5-7-14)19-17(24)20-10-13(11-20)21-15(22)9-18-16(21)23/h4-7,13H,2-3,8-11H2,1H3,(H,18,23)(H,19,24). The SMILES string of the molecule is CCCCOc1ccc(NC(=O)N2CC(N3C(=O)CNC3=O)C2)cc1. The second-order valence-electron chi connectivity index (χ2n) is 6.14. The number of unbranched alkanes of at least 4 members (excludes halogenated alkanes) is 1. The molecule has 1 aromatic carbocycles. The highest BCUT2D eigenvalue weighted by molar-refractivity contribution is 6.02. The zero-order chi connectivity index (χ0) is 17.8. The fourth-order valence-electron chi connectivity index (χ4n) is 2.76. The third kappa shape index (κ3) is 3.84. The van der Waals surface area contributed by atoms with Crippen LogP contribution in [-0.4, -0.2) is 60.1 Å². The Bertz CT molecular complexity index is 639. The normalized spacial score (nSPS) is 17.3. The number of imide groups is 1. The van der Waals surface area contributed by atoms with Gasteiger partial charge >= 0.3 is 12.1 Å². The third-order valence-corrected chi connectivity index (χ3v) is 4.27. The number of likely N-dealkylation sites (tertiary alicyclic amines) is 1. The molecule has 5 amide bonds. The second-order valence-corrected chi connectivity index (χ2v) is 6.14. The Morgan fingerprint density at radius 3 is 2.60 bits per heavy atom. The lowest BCUT2D eigenvalue weighted by atomic mass is 10.1. The summed E-state index contributed by atoms with van der Waals surface area (Å²) < 4.78 is 5.58. The lowest BCUT2D eigenvalue weighted by molar-refractivity contribution is -0.128. The molecule has 0 spiro atoms. The molecule has 25 heavy (non-hydrogen) atoms. The first-order valence-electron chi connectivity index (χ1n) is 8.47. The number of amides is 5. The quantitative estimate of drug-likeness (QED) is 0.605. The number of urea groups is 2. The minimum atomic E-state index is -0.381. The lowest BCUT2D eigenvalue weighted by Gasteiger charge is -2.42. The Balaban J connectivity index is 1.46. The fourth-order valence-corrected chi connectivity index (χ4v) is 2.76. The van der Waals surface area contributed by atoms with Crippen molar-refractivity contribution in [2.24, 2.45) is 0 Å². The molecule has 3 rings (SSSR count). The maximum absolute atomic E-state index is 12.2. The predicted molar refractivity (Wildman–Crippen MR) is 91.5 cm³/mol. The van der Waals surface area contributed by atoms with Gasteiger partial charge in [-0.1, -0.05) is 13.3 Å². The summed E-state index contributed by atoms with van der Waals surface area (Å²) in [5.74, 6) is 0.530. The molecule has 0 unspecified atom stereocenters. The topological polar surface area (TPSA) is 91.0 Å². The van der Waals surface area contributed by atoms with Crippen LogP contribution in [0.1, 0.15) is 19.8 Å². The molecule has 2 N–H and O–H groups in total. The molecule has 0 aromatic heterocycles. The van der Waals surface area contributed by atoms with Crippen LogP contribution in [0.25, 0.3) is 0 Å². The first-order valence-corrected chi connectivity index (χ1v) is 8.47. The van der Waals surface area contributed by atoms with Gasteiger partial charge in [0.1, 0.15) is 5.75 Å². The Hall–Kier alpha value is -2.77. The number of carbonyl (C=O) groups excluding carboxylic acids is 3. The van der Waals surface area contributed by atoms with E-state index < -0.39 is 0 Å². The van der Waals surface area contributed by atoms with Crippen molar-refractivity contribution in [1.82, 2.24) is 15.1 Å². The molecule has 0 saturated carbocycles. The minimum absolute atomic E-state index is 0.0359. The first-order chi connectivity index (χ1) is 12.1. The van der Waals surface area contributed by atoms with Gasteiger partial charge in [0.15, 0.2) is 0 Å². The Kier molecular flexibility index (Phi) is 5.06. The molecule has 134 valence electrons. The Morgan fingerprint density at radius 2 is 2.00 bits per heavy atom. The average Bonchev–Trinajstić information content (AvgIpc) is 2.88. The number of benzene rings is 1. The van der Waals surface area contributed by atoms with E-state index in [0.29, 0.717) is 25.4 Å². The van der Waals surface area contributed by atoms with Gasteiger partial charge in [0.2, 0.25) is 5.91 Å². The van der Waals surface area contributed by atoms with Crippen LogP contribution in [0.4, 0.5) is 15.3 Å².